The predicted molar refractivity (Wildman–Crippen MR) is 114 cm³/mol. The molecule has 7 nitrogen and oxygen atoms in total. The summed E-state index contributed by atoms with van der Waals surface area (Å²) in [6, 6.07) is 11.2. The number of ether oxygens (including phenoxy) is 2. The number of likely N-dealkylation sites (N-methyl/N-ethyl adjacent to an activating group) is 1. The Balaban J connectivity index is 1.51. The van der Waals surface area contributed by atoms with Crippen molar-refractivity contribution in [3.8, 4) is 11.5 Å². The second-order valence-corrected chi connectivity index (χ2v) is 9.50. The van der Waals surface area contributed by atoms with Crippen molar-refractivity contribution in [2.24, 2.45) is 5.92 Å². The summed E-state index contributed by atoms with van der Waals surface area (Å²) in [6.07, 6.45) is 1.54. The average Bonchev–Trinajstić information content (AvgIpc) is 3.12. The van der Waals surface area contributed by atoms with Crippen LogP contribution in [0.4, 0.5) is 5.69 Å². The minimum atomic E-state index is -0.745. The van der Waals surface area contributed by atoms with E-state index in [1.165, 1.54) is 17.2 Å². The molecule has 0 unspecified atom stereocenters. The van der Waals surface area contributed by atoms with Crippen molar-refractivity contribution in [2.75, 3.05) is 20.7 Å². The van der Waals surface area contributed by atoms with Gasteiger partial charge in [0, 0.05) is 35.1 Å². The van der Waals surface area contributed by atoms with Gasteiger partial charge in [0.2, 0.25) is 0 Å². The quantitative estimate of drug-likeness (QED) is 0.605. The van der Waals surface area contributed by atoms with Crippen molar-refractivity contribution in [3.63, 3.8) is 0 Å². The SMILES string of the molecule is COc1ccc2c3c1O[C@H]1[C@@H](O)[C@@H](c4cccc([N+](=O)[O-])c4)C[C@H]4[C@@H](C2)N(C)CC[C@@]341. The molecule has 1 N–H and O–H groups in total. The predicted octanol–water partition coefficient (Wildman–Crippen LogP) is 3.03. The first kappa shape index (κ1) is 19.1. The van der Waals surface area contributed by atoms with Gasteiger partial charge in [-0.15, -0.1) is 0 Å². The van der Waals surface area contributed by atoms with Crippen molar-refractivity contribution >= 4 is 5.69 Å². The van der Waals surface area contributed by atoms with Crippen LogP contribution in [-0.4, -0.2) is 53.9 Å². The summed E-state index contributed by atoms with van der Waals surface area (Å²) < 4.78 is 12.2. The highest BCUT2D eigenvalue weighted by Gasteiger charge is 2.67. The Morgan fingerprint density at radius 3 is 2.94 bits per heavy atom. The second kappa shape index (κ2) is 6.43. The van der Waals surface area contributed by atoms with Gasteiger partial charge in [-0.3, -0.25) is 10.1 Å². The number of hydrogen-bond acceptors (Lipinski definition) is 6. The number of likely N-dealkylation sites (tertiary alicyclic amines) is 1. The van der Waals surface area contributed by atoms with Gasteiger partial charge in [-0.1, -0.05) is 18.2 Å². The zero-order chi connectivity index (χ0) is 21.5. The summed E-state index contributed by atoms with van der Waals surface area (Å²) >= 11 is 0. The first-order valence-corrected chi connectivity index (χ1v) is 11.0. The lowest BCUT2D eigenvalue weighted by Crippen LogP contribution is -2.67. The van der Waals surface area contributed by atoms with Gasteiger partial charge in [-0.05, 0) is 56.0 Å². The Morgan fingerprint density at radius 1 is 1.32 bits per heavy atom. The summed E-state index contributed by atoms with van der Waals surface area (Å²) in [5.41, 5.74) is 3.18. The van der Waals surface area contributed by atoms with Crippen LogP contribution < -0.4 is 9.47 Å². The molecule has 2 aromatic carbocycles. The average molecular weight is 422 g/mol. The molecule has 0 radical (unpaired) electrons. The summed E-state index contributed by atoms with van der Waals surface area (Å²) in [4.78, 5) is 13.4. The number of piperidine rings is 1. The Morgan fingerprint density at radius 2 is 2.16 bits per heavy atom. The molecule has 0 aromatic heterocycles. The third-order valence-corrected chi connectivity index (χ3v) is 8.38. The van der Waals surface area contributed by atoms with Crippen molar-refractivity contribution in [3.05, 3.63) is 63.2 Å². The zero-order valence-electron chi connectivity index (χ0n) is 17.7. The minimum absolute atomic E-state index is 0.0607. The van der Waals surface area contributed by atoms with E-state index in [4.69, 9.17) is 9.47 Å². The largest absolute Gasteiger partial charge is 0.493 e. The Hall–Kier alpha value is -2.64. The number of nitro groups is 1. The van der Waals surface area contributed by atoms with E-state index in [1.807, 2.05) is 12.1 Å². The standard InChI is InChI=1S/C24H26N2O5/c1-25-9-8-24-17-12-16(13-4-3-5-15(10-13)26(28)29)21(27)23(24)31-22-19(30-2)7-6-14(20(22)24)11-18(17)25/h3-7,10,16-18,21,23,27H,8-9,11-12H2,1-2H3/t16-,17+,18-,21+,23+,24+/m1/s1. The van der Waals surface area contributed by atoms with Crippen LogP contribution in [0.5, 0.6) is 11.5 Å². The normalized spacial score (nSPS) is 35.3. The molecule has 2 aromatic rings. The summed E-state index contributed by atoms with van der Waals surface area (Å²) in [6.45, 7) is 0.964. The van der Waals surface area contributed by atoms with E-state index in [1.54, 1.807) is 19.2 Å². The summed E-state index contributed by atoms with van der Waals surface area (Å²) in [5.74, 6) is 1.61. The number of hydrogen-bond donors (Lipinski definition) is 1. The van der Waals surface area contributed by atoms with Crippen LogP contribution >= 0.6 is 0 Å². The third-order valence-electron chi connectivity index (χ3n) is 8.38. The number of rotatable bonds is 3. The topological polar surface area (TPSA) is 85.1 Å². The highest BCUT2D eigenvalue weighted by Crippen LogP contribution is 2.65. The molecule has 2 aliphatic heterocycles. The van der Waals surface area contributed by atoms with Gasteiger partial charge < -0.3 is 19.5 Å². The fourth-order valence-corrected chi connectivity index (χ4v) is 7.06. The number of methoxy groups -OCH3 is 1. The number of non-ortho nitro benzene ring substituents is 1. The number of benzene rings is 2. The molecule has 2 aliphatic carbocycles. The number of nitrogens with zero attached hydrogens (tertiary/aromatic N) is 2. The minimum Gasteiger partial charge on any atom is -0.493 e. The molecule has 2 heterocycles. The van der Waals surface area contributed by atoms with Crippen molar-refractivity contribution < 1.29 is 19.5 Å². The van der Waals surface area contributed by atoms with Crippen LogP contribution in [0.15, 0.2) is 36.4 Å². The van der Waals surface area contributed by atoms with E-state index < -0.39 is 6.10 Å². The van der Waals surface area contributed by atoms with Gasteiger partial charge >= 0.3 is 0 Å². The lowest BCUT2D eigenvalue weighted by Gasteiger charge is -2.60. The number of aliphatic hydroxyl groups is 1. The van der Waals surface area contributed by atoms with E-state index in [0.29, 0.717) is 12.0 Å². The molecular weight excluding hydrogens is 396 g/mol. The van der Waals surface area contributed by atoms with Crippen LogP contribution in [0.2, 0.25) is 0 Å². The first-order valence-electron chi connectivity index (χ1n) is 11.0. The highest BCUT2D eigenvalue weighted by molar-refractivity contribution is 5.61. The fourth-order valence-electron chi connectivity index (χ4n) is 7.06. The molecule has 1 saturated heterocycles. The monoisotopic (exact) mass is 422 g/mol. The Kier molecular flexibility index (Phi) is 3.96. The van der Waals surface area contributed by atoms with Crippen LogP contribution in [0.25, 0.3) is 0 Å². The molecule has 2 bridgehead atoms. The van der Waals surface area contributed by atoms with Crippen molar-refractivity contribution in [2.45, 2.75) is 48.8 Å². The van der Waals surface area contributed by atoms with E-state index in [9.17, 15) is 15.2 Å². The molecule has 1 saturated carbocycles. The van der Waals surface area contributed by atoms with Gasteiger partial charge in [-0.2, -0.15) is 0 Å². The molecule has 7 heteroatoms. The lowest BCUT2D eigenvalue weighted by molar-refractivity contribution is -0.385. The molecular formula is C24H26N2O5. The molecule has 2 fully saturated rings. The zero-order valence-corrected chi connectivity index (χ0v) is 17.7. The molecule has 0 amide bonds. The van der Waals surface area contributed by atoms with Crippen molar-refractivity contribution in [1.29, 1.82) is 0 Å². The van der Waals surface area contributed by atoms with Gasteiger partial charge in [0.05, 0.1) is 18.1 Å². The van der Waals surface area contributed by atoms with E-state index >= 15 is 0 Å². The van der Waals surface area contributed by atoms with E-state index in [2.05, 4.69) is 18.0 Å². The molecule has 31 heavy (non-hydrogen) atoms. The van der Waals surface area contributed by atoms with Gasteiger partial charge in [0.15, 0.2) is 11.5 Å². The summed E-state index contributed by atoms with van der Waals surface area (Å²) in [7, 11) is 3.84. The third kappa shape index (κ3) is 2.36. The molecule has 6 rings (SSSR count). The summed E-state index contributed by atoms with van der Waals surface area (Å²) in [5, 5.41) is 23.0. The van der Waals surface area contributed by atoms with Crippen molar-refractivity contribution in [1.82, 2.24) is 4.90 Å². The van der Waals surface area contributed by atoms with Crippen LogP contribution in [0.1, 0.15) is 35.4 Å². The van der Waals surface area contributed by atoms with Gasteiger partial charge in [-0.25, -0.2) is 0 Å². The molecule has 162 valence electrons. The van der Waals surface area contributed by atoms with Crippen LogP contribution in [-0.2, 0) is 11.8 Å². The molecule has 1 spiro atoms. The van der Waals surface area contributed by atoms with Gasteiger partial charge in [0.1, 0.15) is 6.10 Å². The maximum Gasteiger partial charge on any atom is 0.269 e. The fraction of sp³-hybridized carbons (Fsp3) is 0.500. The maximum atomic E-state index is 11.6. The highest BCUT2D eigenvalue weighted by atomic mass is 16.6. The molecule has 6 atom stereocenters. The van der Waals surface area contributed by atoms with Crippen LogP contribution in [0.3, 0.4) is 0 Å². The number of nitro benzene ring substituents is 1. The van der Waals surface area contributed by atoms with E-state index in [-0.39, 0.29) is 28.0 Å². The van der Waals surface area contributed by atoms with Crippen LogP contribution in [0, 0.1) is 16.0 Å². The maximum absolute atomic E-state index is 11.6. The first-order chi connectivity index (χ1) is 15.0. The Bertz CT molecular complexity index is 1090. The number of aliphatic hydroxyl groups excluding tert-OH is 1. The molecule has 4 aliphatic rings. The van der Waals surface area contributed by atoms with E-state index in [0.717, 1.165) is 42.9 Å². The smallest absolute Gasteiger partial charge is 0.269 e. The van der Waals surface area contributed by atoms with Gasteiger partial charge in [0.25, 0.3) is 5.69 Å². The second-order valence-electron chi connectivity index (χ2n) is 9.50. The lowest BCUT2D eigenvalue weighted by atomic mass is 9.49. The Labute approximate surface area is 180 Å².